The van der Waals surface area contributed by atoms with Gasteiger partial charge in [0.05, 0.1) is 23.2 Å². The Labute approximate surface area is 236 Å². The zero-order chi connectivity index (χ0) is 32.0. The van der Waals surface area contributed by atoms with Gasteiger partial charge in [-0.1, -0.05) is 0 Å². The first-order chi connectivity index (χ1) is 19.1. The van der Waals surface area contributed by atoms with Gasteiger partial charge in [0.25, 0.3) is 0 Å². The van der Waals surface area contributed by atoms with Crippen molar-refractivity contribution in [1.29, 1.82) is 0 Å². The molecule has 0 saturated heterocycles. The Morgan fingerprint density at radius 1 is 1.10 bits per heavy atom. The second kappa shape index (κ2) is 9.63. The number of amides is 1. The SMILES string of the molecule is CN(C)c1c2c(c(O)c(N)c1OS(=O)(=O)C(F)(F)F)C(=O)C1C(=O)[C@]3(O)C(=O)C(C(N)=O)C(=O)[C@@H](N(C)C)C3CC1C2. The first-order valence-corrected chi connectivity index (χ1v) is 13.7. The number of aromatic hydroxyl groups is 1. The number of primary amides is 1. The van der Waals surface area contributed by atoms with Gasteiger partial charge in [-0.05, 0) is 38.4 Å². The van der Waals surface area contributed by atoms with Crippen LogP contribution in [0.25, 0.3) is 0 Å². The second-order valence-electron chi connectivity index (χ2n) is 11.0. The van der Waals surface area contributed by atoms with E-state index in [2.05, 4.69) is 4.18 Å². The van der Waals surface area contributed by atoms with E-state index >= 15 is 0 Å². The van der Waals surface area contributed by atoms with E-state index < -0.39 is 108 Å². The fraction of sp³-hybridized carbons (Fsp3) is 0.542. The molecule has 1 aromatic rings. The maximum absolute atomic E-state index is 13.8. The lowest BCUT2D eigenvalue weighted by Crippen LogP contribution is -2.74. The number of alkyl halides is 3. The highest BCUT2D eigenvalue weighted by molar-refractivity contribution is 7.88. The zero-order valence-electron chi connectivity index (χ0n) is 22.6. The van der Waals surface area contributed by atoms with Gasteiger partial charge >= 0.3 is 15.6 Å². The molecule has 0 aromatic heterocycles. The highest BCUT2D eigenvalue weighted by Crippen LogP contribution is 2.55. The summed E-state index contributed by atoms with van der Waals surface area (Å²) in [7, 11) is -0.967. The number of rotatable bonds is 5. The van der Waals surface area contributed by atoms with Crippen molar-refractivity contribution in [3.05, 3.63) is 11.1 Å². The number of aliphatic hydroxyl groups is 1. The molecule has 14 nitrogen and oxygen atoms in total. The zero-order valence-corrected chi connectivity index (χ0v) is 23.4. The molecule has 0 radical (unpaired) electrons. The molecule has 4 rings (SSSR count). The largest absolute Gasteiger partial charge is 0.534 e. The second-order valence-corrected chi connectivity index (χ2v) is 12.5. The summed E-state index contributed by atoms with van der Waals surface area (Å²) in [5.41, 5.74) is -0.185. The predicted octanol–water partition coefficient (Wildman–Crippen LogP) is -1.26. The van der Waals surface area contributed by atoms with Crippen LogP contribution in [-0.4, -0.2) is 97.9 Å². The summed E-state index contributed by atoms with van der Waals surface area (Å²) in [4.78, 5) is 68.5. The van der Waals surface area contributed by atoms with Gasteiger partial charge in [-0.25, -0.2) is 0 Å². The molecule has 3 aliphatic rings. The molecule has 6 atom stereocenters. The Morgan fingerprint density at radius 3 is 2.14 bits per heavy atom. The maximum atomic E-state index is 13.8. The van der Waals surface area contributed by atoms with Crippen LogP contribution in [0.5, 0.6) is 11.5 Å². The maximum Gasteiger partial charge on any atom is 0.534 e. The number of anilines is 2. The summed E-state index contributed by atoms with van der Waals surface area (Å²) in [5.74, 6) is -15.2. The molecule has 18 heteroatoms. The molecule has 230 valence electrons. The van der Waals surface area contributed by atoms with Crippen LogP contribution in [0.3, 0.4) is 0 Å². The van der Waals surface area contributed by atoms with Crippen LogP contribution in [-0.2, 0) is 35.7 Å². The Morgan fingerprint density at radius 2 is 1.67 bits per heavy atom. The fourth-order valence-electron chi connectivity index (χ4n) is 6.43. The number of fused-ring (bicyclic) bond motifs is 3. The monoisotopic (exact) mass is 620 g/mol. The number of carbonyl (C=O) groups is 5. The van der Waals surface area contributed by atoms with Gasteiger partial charge in [-0.3, -0.25) is 28.9 Å². The Bertz CT molecular complexity index is 1560. The average molecular weight is 621 g/mol. The lowest BCUT2D eigenvalue weighted by Gasteiger charge is -2.52. The molecular formula is C24H27F3N4O10S. The van der Waals surface area contributed by atoms with Gasteiger partial charge in [0.15, 0.2) is 46.2 Å². The van der Waals surface area contributed by atoms with Crippen molar-refractivity contribution in [2.45, 2.75) is 30.0 Å². The van der Waals surface area contributed by atoms with Gasteiger partial charge in [0, 0.05) is 20.0 Å². The van der Waals surface area contributed by atoms with E-state index in [4.69, 9.17) is 11.5 Å². The number of benzene rings is 1. The molecular weight excluding hydrogens is 593 g/mol. The number of ketones is 4. The summed E-state index contributed by atoms with van der Waals surface area (Å²) in [6.45, 7) is 0. The van der Waals surface area contributed by atoms with E-state index in [1.165, 1.54) is 33.1 Å². The smallest absolute Gasteiger partial charge is 0.505 e. The van der Waals surface area contributed by atoms with Crippen molar-refractivity contribution in [2.24, 2.45) is 29.4 Å². The van der Waals surface area contributed by atoms with E-state index in [9.17, 15) is 55.8 Å². The number of carbonyl (C=O) groups excluding carboxylic acids is 5. The first kappa shape index (κ1) is 31.2. The van der Waals surface area contributed by atoms with Crippen molar-refractivity contribution in [3.8, 4) is 11.5 Å². The van der Waals surface area contributed by atoms with Crippen LogP contribution in [0.15, 0.2) is 0 Å². The van der Waals surface area contributed by atoms with Crippen molar-refractivity contribution in [3.63, 3.8) is 0 Å². The van der Waals surface area contributed by atoms with Crippen molar-refractivity contribution in [2.75, 3.05) is 38.8 Å². The molecule has 3 aliphatic carbocycles. The molecule has 2 saturated carbocycles. The van der Waals surface area contributed by atoms with Gasteiger partial charge in [0.2, 0.25) is 5.91 Å². The normalized spacial score (nSPS) is 29.6. The molecule has 42 heavy (non-hydrogen) atoms. The van der Waals surface area contributed by atoms with E-state index in [0.717, 1.165) is 4.90 Å². The number of nitrogens with zero attached hydrogens (tertiary/aromatic N) is 2. The molecule has 0 heterocycles. The quantitative estimate of drug-likeness (QED) is 0.0992. The standard InChI is InChI=1S/C24H27F3N4O10S/c1-30(2)14-8-5-7-6-9-15(31(3)4)18(34)12(22(29)37)21(36)23(9,38)20(35)10(7)16(32)11(8)17(33)13(28)19(14)41-42(39,40)24(25,26)27/h7,9-10,12,15,33,38H,5-6,28H2,1-4H3,(H2,29,37)/t7?,9?,10?,12?,15-,23-/m0/s1. The van der Waals surface area contributed by atoms with Gasteiger partial charge in [0.1, 0.15) is 5.69 Å². The minimum absolute atomic E-state index is 0.214. The number of likely N-dealkylation sites (N-methyl/N-ethyl adjacent to an activating group) is 1. The first-order valence-electron chi connectivity index (χ1n) is 12.3. The molecule has 6 N–H and O–H groups in total. The summed E-state index contributed by atoms with van der Waals surface area (Å²) in [5, 5.41) is 22.4. The Balaban J connectivity index is 1.94. The van der Waals surface area contributed by atoms with Crippen LogP contribution in [0, 0.1) is 23.7 Å². The number of nitrogens with two attached hydrogens (primary N) is 2. The molecule has 0 spiro atoms. The summed E-state index contributed by atoms with van der Waals surface area (Å²) in [6, 6.07) is -1.38. The lowest BCUT2D eigenvalue weighted by atomic mass is 9.52. The third-order valence-electron chi connectivity index (χ3n) is 8.12. The fourth-order valence-corrected chi connectivity index (χ4v) is 6.91. The summed E-state index contributed by atoms with van der Waals surface area (Å²) in [6.07, 6.45) is -0.728. The number of phenolic OH excluding ortho intramolecular Hbond substituents is 1. The molecule has 0 aliphatic heterocycles. The molecule has 1 amide bonds. The van der Waals surface area contributed by atoms with Crippen LogP contribution in [0.1, 0.15) is 22.3 Å². The van der Waals surface area contributed by atoms with E-state index in [1.807, 2.05) is 0 Å². The highest BCUT2D eigenvalue weighted by atomic mass is 32.2. The van der Waals surface area contributed by atoms with Gasteiger partial charge in [-0.15, -0.1) is 0 Å². The Hall–Kier alpha value is -3.77. The Kier molecular flexibility index (Phi) is 7.15. The van der Waals surface area contributed by atoms with E-state index in [0.29, 0.717) is 0 Å². The average Bonchev–Trinajstić information content (AvgIpc) is 2.83. The third-order valence-corrected chi connectivity index (χ3v) is 9.07. The number of halogens is 3. The molecule has 1 aromatic carbocycles. The lowest BCUT2D eigenvalue weighted by molar-refractivity contribution is -0.181. The highest BCUT2D eigenvalue weighted by Gasteiger charge is 2.69. The summed E-state index contributed by atoms with van der Waals surface area (Å²) < 4.78 is 67.5. The number of phenols is 1. The van der Waals surface area contributed by atoms with Crippen LogP contribution in [0.2, 0.25) is 0 Å². The van der Waals surface area contributed by atoms with E-state index in [-0.39, 0.29) is 18.4 Å². The number of hydrogen-bond donors (Lipinski definition) is 4. The number of Topliss-reactive ketones (excluding diaryl/α,β-unsaturated/α-hetero) is 4. The third kappa shape index (κ3) is 4.14. The molecule has 2 fully saturated rings. The number of nitrogen functional groups attached to an aromatic ring is 1. The van der Waals surface area contributed by atoms with Gasteiger partial charge < -0.3 is 30.8 Å². The van der Waals surface area contributed by atoms with Crippen molar-refractivity contribution >= 4 is 50.5 Å². The van der Waals surface area contributed by atoms with Crippen molar-refractivity contribution < 1.29 is 60.0 Å². The van der Waals surface area contributed by atoms with E-state index in [1.54, 1.807) is 0 Å². The van der Waals surface area contributed by atoms with Crippen molar-refractivity contribution in [1.82, 2.24) is 4.90 Å². The van der Waals surface area contributed by atoms with Crippen LogP contribution < -0.4 is 20.6 Å². The summed E-state index contributed by atoms with van der Waals surface area (Å²) >= 11 is 0. The van der Waals surface area contributed by atoms with Gasteiger partial charge in [-0.2, -0.15) is 21.6 Å². The van der Waals surface area contributed by atoms with Crippen LogP contribution in [0.4, 0.5) is 24.5 Å². The minimum Gasteiger partial charge on any atom is -0.505 e. The predicted molar refractivity (Wildman–Crippen MR) is 136 cm³/mol. The molecule has 4 unspecified atom stereocenters. The number of hydrogen-bond acceptors (Lipinski definition) is 13. The molecule has 0 bridgehead atoms. The topological polar surface area (TPSA) is 228 Å². The van der Waals surface area contributed by atoms with Crippen LogP contribution >= 0.6 is 0 Å². The minimum atomic E-state index is -6.29.